The minimum Gasteiger partial charge on any atom is -0.349 e. The maximum absolute atomic E-state index is 12.1. The van der Waals surface area contributed by atoms with Gasteiger partial charge >= 0.3 is 0 Å². The highest BCUT2D eigenvalue weighted by atomic mass is 32.1. The molecule has 4 rings (SSSR count). The molecule has 128 valence electrons. The first-order chi connectivity index (χ1) is 12.3. The van der Waals surface area contributed by atoms with Gasteiger partial charge in [-0.1, -0.05) is 18.2 Å². The topological polar surface area (TPSA) is 71.3 Å². The summed E-state index contributed by atoms with van der Waals surface area (Å²) in [6, 6.07) is 11.8. The minimum absolute atomic E-state index is 0.00521. The molecule has 7 heteroatoms. The zero-order chi connectivity index (χ0) is 17.1. The van der Waals surface area contributed by atoms with Crippen LogP contribution in [0.15, 0.2) is 51.7 Å². The van der Waals surface area contributed by atoms with E-state index in [1.165, 1.54) is 11.3 Å². The Hall–Kier alpha value is -2.67. The van der Waals surface area contributed by atoms with Crippen molar-refractivity contribution in [1.29, 1.82) is 0 Å². The lowest BCUT2D eigenvalue weighted by molar-refractivity contribution is 0.0931. The van der Waals surface area contributed by atoms with E-state index >= 15 is 0 Å². The standard InChI is InChI=1S/C18H18N4O2S/c23-16(14-8-11-25-12-14)19-15-6-9-22(10-7-15)18-20-17(24-21-18)13-4-2-1-3-5-13/h1-5,8,11-12,15H,6-7,9-10H2,(H,19,23). The van der Waals surface area contributed by atoms with E-state index in [1.54, 1.807) is 0 Å². The fourth-order valence-electron chi connectivity index (χ4n) is 2.93. The van der Waals surface area contributed by atoms with E-state index in [0.29, 0.717) is 11.8 Å². The number of amides is 1. The van der Waals surface area contributed by atoms with Crippen molar-refractivity contribution in [3.05, 3.63) is 52.7 Å². The molecule has 1 aromatic carbocycles. The molecule has 1 fully saturated rings. The Morgan fingerprint density at radius 1 is 1.20 bits per heavy atom. The molecule has 25 heavy (non-hydrogen) atoms. The lowest BCUT2D eigenvalue weighted by Crippen LogP contribution is -2.45. The first kappa shape index (κ1) is 15.8. The fraction of sp³-hybridized carbons (Fsp3) is 0.278. The lowest BCUT2D eigenvalue weighted by atomic mass is 10.1. The molecule has 0 unspecified atom stereocenters. The predicted molar refractivity (Wildman–Crippen MR) is 96.8 cm³/mol. The first-order valence-electron chi connectivity index (χ1n) is 8.27. The van der Waals surface area contributed by atoms with Crippen LogP contribution in [0, 0.1) is 0 Å². The van der Waals surface area contributed by atoms with E-state index in [1.807, 2.05) is 47.2 Å². The normalized spacial score (nSPS) is 15.3. The van der Waals surface area contributed by atoms with Gasteiger partial charge in [-0.15, -0.1) is 0 Å². The molecule has 1 N–H and O–H groups in total. The van der Waals surface area contributed by atoms with Crippen LogP contribution in [-0.2, 0) is 0 Å². The number of benzene rings is 1. The van der Waals surface area contributed by atoms with Crippen molar-refractivity contribution < 1.29 is 9.32 Å². The van der Waals surface area contributed by atoms with Crippen molar-refractivity contribution in [2.45, 2.75) is 18.9 Å². The van der Waals surface area contributed by atoms with Gasteiger partial charge in [0.25, 0.3) is 17.7 Å². The Bertz CT molecular complexity index is 824. The summed E-state index contributed by atoms with van der Waals surface area (Å²) in [5.41, 5.74) is 1.65. The molecule has 1 amide bonds. The number of carbonyl (C=O) groups is 1. The number of hydrogen-bond donors (Lipinski definition) is 1. The van der Waals surface area contributed by atoms with Crippen LogP contribution in [0.3, 0.4) is 0 Å². The summed E-state index contributed by atoms with van der Waals surface area (Å²) in [6.07, 6.45) is 1.73. The van der Waals surface area contributed by atoms with Gasteiger partial charge in [-0.05, 0) is 41.6 Å². The highest BCUT2D eigenvalue weighted by molar-refractivity contribution is 7.08. The summed E-state index contributed by atoms with van der Waals surface area (Å²) in [5.74, 6) is 1.15. The Kier molecular flexibility index (Phi) is 4.47. The number of anilines is 1. The van der Waals surface area contributed by atoms with E-state index in [9.17, 15) is 4.79 Å². The van der Waals surface area contributed by atoms with Crippen molar-refractivity contribution in [2.75, 3.05) is 18.0 Å². The van der Waals surface area contributed by atoms with Gasteiger partial charge in [0, 0.05) is 35.6 Å². The second kappa shape index (κ2) is 7.06. The van der Waals surface area contributed by atoms with Crippen LogP contribution in [-0.4, -0.2) is 35.2 Å². The summed E-state index contributed by atoms with van der Waals surface area (Å²) in [4.78, 5) is 18.7. The molecule has 0 atom stereocenters. The average Bonchev–Trinajstić information content (AvgIpc) is 3.35. The van der Waals surface area contributed by atoms with Crippen molar-refractivity contribution in [3.63, 3.8) is 0 Å². The third-order valence-electron chi connectivity index (χ3n) is 4.33. The van der Waals surface area contributed by atoms with E-state index < -0.39 is 0 Å². The summed E-state index contributed by atoms with van der Waals surface area (Å²) >= 11 is 1.53. The summed E-state index contributed by atoms with van der Waals surface area (Å²) in [6.45, 7) is 1.59. The maximum Gasteiger partial charge on any atom is 0.266 e. The summed E-state index contributed by atoms with van der Waals surface area (Å²) < 4.78 is 5.37. The quantitative estimate of drug-likeness (QED) is 0.779. The molecule has 0 spiro atoms. The fourth-order valence-corrected chi connectivity index (χ4v) is 3.56. The maximum atomic E-state index is 12.1. The van der Waals surface area contributed by atoms with Gasteiger partial charge in [0.15, 0.2) is 0 Å². The highest BCUT2D eigenvalue weighted by Crippen LogP contribution is 2.22. The van der Waals surface area contributed by atoms with Crippen LogP contribution >= 0.6 is 11.3 Å². The molecule has 1 aliphatic rings. The molecule has 3 aromatic rings. The van der Waals surface area contributed by atoms with Gasteiger partial charge < -0.3 is 14.7 Å². The van der Waals surface area contributed by atoms with Gasteiger partial charge in [-0.3, -0.25) is 4.79 Å². The SMILES string of the molecule is O=C(NC1CCN(c2noc(-c3ccccc3)n2)CC1)c1ccsc1. The summed E-state index contributed by atoms with van der Waals surface area (Å²) in [7, 11) is 0. The number of aromatic nitrogens is 2. The highest BCUT2D eigenvalue weighted by Gasteiger charge is 2.24. The average molecular weight is 354 g/mol. The number of thiophene rings is 1. The number of rotatable bonds is 4. The van der Waals surface area contributed by atoms with Crippen LogP contribution in [0.4, 0.5) is 5.95 Å². The molecule has 0 aliphatic carbocycles. The monoisotopic (exact) mass is 354 g/mol. The van der Waals surface area contributed by atoms with E-state index in [4.69, 9.17) is 4.52 Å². The van der Waals surface area contributed by atoms with Gasteiger partial charge in [-0.2, -0.15) is 16.3 Å². The number of hydrogen-bond acceptors (Lipinski definition) is 6. The van der Waals surface area contributed by atoms with Gasteiger partial charge in [0.05, 0.1) is 0 Å². The van der Waals surface area contributed by atoms with Gasteiger partial charge in [0.1, 0.15) is 0 Å². The van der Waals surface area contributed by atoms with Crippen molar-refractivity contribution in [2.24, 2.45) is 0 Å². The Morgan fingerprint density at radius 2 is 2.00 bits per heavy atom. The number of nitrogens with one attached hydrogen (secondary N) is 1. The molecule has 1 aliphatic heterocycles. The number of carbonyl (C=O) groups excluding carboxylic acids is 1. The molecule has 0 bridgehead atoms. The van der Waals surface area contributed by atoms with Crippen LogP contribution in [0.5, 0.6) is 0 Å². The largest absolute Gasteiger partial charge is 0.349 e. The molecule has 6 nitrogen and oxygen atoms in total. The van der Waals surface area contributed by atoms with Crippen LogP contribution in [0.2, 0.25) is 0 Å². The smallest absolute Gasteiger partial charge is 0.266 e. The van der Waals surface area contributed by atoms with Gasteiger partial charge in [0.2, 0.25) is 0 Å². The molecule has 1 saturated heterocycles. The third-order valence-corrected chi connectivity index (χ3v) is 5.02. The predicted octanol–water partition coefficient (Wildman–Crippen LogP) is 3.20. The van der Waals surface area contributed by atoms with Crippen LogP contribution in [0.1, 0.15) is 23.2 Å². The Labute approximate surface area is 149 Å². The number of piperidine rings is 1. The molecule has 0 radical (unpaired) electrons. The van der Waals surface area contributed by atoms with Crippen LogP contribution in [0.25, 0.3) is 11.5 Å². The first-order valence-corrected chi connectivity index (χ1v) is 9.21. The molecular weight excluding hydrogens is 336 g/mol. The third kappa shape index (κ3) is 3.56. The molecule has 2 aromatic heterocycles. The summed E-state index contributed by atoms with van der Waals surface area (Å²) in [5, 5.41) is 11.0. The molecular formula is C18H18N4O2S. The minimum atomic E-state index is 0.00521. The van der Waals surface area contributed by atoms with E-state index in [2.05, 4.69) is 20.4 Å². The van der Waals surface area contributed by atoms with Crippen molar-refractivity contribution in [1.82, 2.24) is 15.5 Å². The Balaban J connectivity index is 1.34. The molecule has 0 saturated carbocycles. The van der Waals surface area contributed by atoms with Crippen molar-refractivity contribution in [3.8, 4) is 11.5 Å². The van der Waals surface area contributed by atoms with Crippen LogP contribution < -0.4 is 10.2 Å². The Morgan fingerprint density at radius 3 is 2.72 bits per heavy atom. The number of nitrogens with zero attached hydrogens (tertiary/aromatic N) is 3. The zero-order valence-electron chi connectivity index (χ0n) is 13.6. The van der Waals surface area contributed by atoms with Crippen molar-refractivity contribution >= 4 is 23.2 Å². The van der Waals surface area contributed by atoms with E-state index in [-0.39, 0.29) is 11.9 Å². The second-order valence-electron chi connectivity index (χ2n) is 6.01. The lowest BCUT2D eigenvalue weighted by Gasteiger charge is -2.31. The second-order valence-corrected chi connectivity index (χ2v) is 6.79. The zero-order valence-corrected chi connectivity index (χ0v) is 14.4. The van der Waals surface area contributed by atoms with Gasteiger partial charge in [-0.25, -0.2) is 0 Å². The molecule has 3 heterocycles. The van der Waals surface area contributed by atoms with E-state index in [0.717, 1.165) is 37.1 Å².